The molecule has 1 unspecified atom stereocenters. The smallest absolute Gasteiger partial charge is 0.126 e. The molecule has 0 aromatic carbocycles. The van der Waals surface area contributed by atoms with Crippen LogP contribution in [0.3, 0.4) is 0 Å². The lowest BCUT2D eigenvalue weighted by molar-refractivity contribution is -0.110. The Hall–Kier alpha value is -0.590. The maximum Gasteiger partial charge on any atom is 0.126 e. The molecule has 0 fully saturated rings. The third-order valence-electron chi connectivity index (χ3n) is 2.33. The molecule has 0 aromatic rings. The Labute approximate surface area is 74.9 Å². The number of hydrogen-bond donors (Lipinski definition) is 0. The molecule has 0 heterocycles. The summed E-state index contributed by atoms with van der Waals surface area (Å²) in [4.78, 5) is 10.5. The lowest BCUT2D eigenvalue weighted by Crippen LogP contribution is -2.06. The molecule has 12 heavy (non-hydrogen) atoms. The Morgan fingerprint density at radius 3 is 3.00 bits per heavy atom. The minimum absolute atomic E-state index is 0.215. The maximum absolute atomic E-state index is 10.5. The largest absolute Gasteiger partial charge is 0.303 e. The molecule has 0 amide bonds. The number of hydrogen-bond acceptors (Lipinski definition) is 1. The highest BCUT2D eigenvalue weighted by Gasteiger charge is 2.12. The second-order valence-corrected chi connectivity index (χ2v) is 4.12. The first-order chi connectivity index (χ1) is 5.72. The second kappa shape index (κ2) is 4.44. The monoisotopic (exact) mass is 166 g/mol. The molecule has 0 aromatic heterocycles. The molecule has 1 rings (SSSR count). The fourth-order valence-corrected chi connectivity index (χ4v) is 1.84. The van der Waals surface area contributed by atoms with Gasteiger partial charge in [0.1, 0.15) is 6.29 Å². The minimum Gasteiger partial charge on any atom is -0.303 e. The van der Waals surface area contributed by atoms with Gasteiger partial charge in [-0.25, -0.2) is 0 Å². The first-order valence-electron chi connectivity index (χ1n) is 4.87. The van der Waals surface area contributed by atoms with Gasteiger partial charge in [-0.3, -0.25) is 0 Å². The normalized spacial score (nSPS) is 23.9. The number of carbonyl (C=O) groups excluding carboxylic acids is 1. The van der Waals surface area contributed by atoms with E-state index in [-0.39, 0.29) is 5.92 Å². The molecule has 1 aliphatic rings. The van der Waals surface area contributed by atoms with E-state index >= 15 is 0 Å². The Morgan fingerprint density at radius 2 is 2.42 bits per heavy atom. The number of allylic oxidation sites excluding steroid dienone is 2. The third kappa shape index (κ3) is 2.80. The van der Waals surface area contributed by atoms with E-state index in [1.54, 1.807) is 0 Å². The zero-order valence-corrected chi connectivity index (χ0v) is 8.05. The van der Waals surface area contributed by atoms with Gasteiger partial charge in [-0.1, -0.05) is 25.5 Å². The summed E-state index contributed by atoms with van der Waals surface area (Å²) >= 11 is 0. The van der Waals surface area contributed by atoms with Crippen molar-refractivity contribution in [1.82, 2.24) is 0 Å². The molecular weight excluding hydrogens is 148 g/mol. The first kappa shape index (κ1) is 9.50. The Balaban J connectivity index is 2.51. The van der Waals surface area contributed by atoms with Gasteiger partial charge in [0.05, 0.1) is 0 Å². The van der Waals surface area contributed by atoms with Crippen molar-refractivity contribution in [3.05, 3.63) is 11.6 Å². The van der Waals surface area contributed by atoms with E-state index in [1.807, 2.05) is 0 Å². The summed E-state index contributed by atoms with van der Waals surface area (Å²) in [5.74, 6) is 0.939. The quantitative estimate of drug-likeness (QED) is 0.465. The van der Waals surface area contributed by atoms with Gasteiger partial charge >= 0.3 is 0 Å². The minimum atomic E-state index is 0.215. The lowest BCUT2D eigenvalue weighted by Gasteiger charge is -2.18. The average Bonchev–Trinajstić information content (AvgIpc) is 2.03. The van der Waals surface area contributed by atoms with E-state index in [2.05, 4.69) is 19.9 Å². The highest BCUT2D eigenvalue weighted by atomic mass is 16.1. The van der Waals surface area contributed by atoms with E-state index < -0.39 is 0 Å². The predicted molar refractivity (Wildman–Crippen MR) is 50.9 cm³/mol. The molecule has 68 valence electrons. The zero-order chi connectivity index (χ0) is 8.97. The SMILES string of the molecule is CC(C)CC1=CC(C=O)CCC1. The van der Waals surface area contributed by atoms with Gasteiger partial charge in [-0.2, -0.15) is 0 Å². The standard InChI is InChI=1S/C11H18O/c1-9(2)6-10-4-3-5-11(7-10)8-12/h7-9,11H,3-6H2,1-2H3. The second-order valence-electron chi connectivity index (χ2n) is 4.12. The lowest BCUT2D eigenvalue weighted by atomic mass is 9.87. The molecule has 0 aliphatic heterocycles. The number of rotatable bonds is 3. The molecule has 1 heteroatoms. The van der Waals surface area contributed by atoms with Crippen molar-refractivity contribution in [2.75, 3.05) is 0 Å². The zero-order valence-electron chi connectivity index (χ0n) is 8.05. The van der Waals surface area contributed by atoms with Gasteiger partial charge < -0.3 is 4.79 Å². The van der Waals surface area contributed by atoms with Gasteiger partial charge in [-0.05, 0) is 31.6 Å². The van der Waals surface area contributed by atoms with Crippen LogP contribution in [0.2, 0.25) is 0 Å². The van der Waals surface area contributed by atoms with E-state index in [1.165, 1.54) is 24.8 Å². The van der Waals surface area contributed by atoms with Crippen LogP contribution < -0.4 is 0 Å². The average molecular weight is 166 g/mol. The fraction of sp³-hybridized carbons (Fsp3) is 0.727. The summed E-state index contributed by atoms with van der Waals surface area (Å²) in [6.45, 7) is 4.46. The van der Waals surface area contributed by atoms with Crippen LogP contribution in [0, 0.1) is 11.8 Å². The molecule has 0 saturated carbocycles. The topological polar surface area (TPSA) is 17.1 Å². The van der Waals surface area contributed by atoms with Crippen LogP contribution in [-0.4, -0.2) is 6.29 Å². The van der Waals surface area contributed by atoms with Gasteiger partial charge in [0, 0.05) is 5.92 Å². The highest BCUT2D eigenvalue weighted by Crippen LogP contribution is 2.25. The highest BCUT2D eigenvalue weighted by molar-refractivity contribution is 5.57. The van der Waals surface area contributed by atoms with Gasteiger partial charge in [0.2, 0.25) is 0 Å². The first-order valence-corrected chi connectivity index (χ1v) is 4.87. The van der Waals surface area contributed by atoms with Gasteiger partial charge in [-0.15, -0.1) is 0 Å². The Kier molecular flexibility index (Phi) is 3.51. The number of carbonyl (C=O) groups is 1. The third-order valence-corrected chi connectivity index (χ3v) is 2.33. The summed E-state index contributed by atoms with van der Waals surface area (Å²) < 4.78 is 0. The van der Waals surface area contributed by atoms with Crippen molar-refractivity contribution in [3.8, 4) is 0 Å². The molecular formula is C11H18O. The number of aldehydes is 1. The van der Waals surface area contributed by atoms with Crippen molar-refractivity contribution in [3.63, 3.8) is 0 Å². The molecule has 0 radical (unpaired) electrons. The molecule has 1 nitrogen and oxygen atoms in total. The van der Waals surface area contributed by atoms with Crippen LogP contribution in [-0.2, 0) is 4.79 Å². The molecule has 1 aliphatic carbocycles. The van der Waals surface area contributed by atoms with Crippen molar-refractivity contribution in [2.24, 2.45) is 11.8 Å². The summed E-state index contributed by atoms with van der Waals surface area (Å²) in [7, 11) is 0. The molecule has 0 saturated heterocycles. The van der Waals surface area contributed by atoms with Crippen LogP contribution >= 0.6 is 0 Å². The van der Waals surface area contributed by atoms with Gasteiger partial charge in [0.15, 0.2) is 0 Å². The fourth-order valence-electron chi connectivity index (χ4n) is 1.84. The Bertz CT molecular complexity index is 179. The summed E-state index contributed by atoms with van der Waals surface area (Å²) in [5, 5.41) is 0. The van der Waals surface area contributed by atoms with E-state index in [9.17, 15) is 4.79 Å². The molecule has 1 atom stereocenters. The van der Waals surface area contributed by atoms with Crippen molar-refractivity contribution in [1.29, 1.82) is 0 Å². The molecule has 0 N–H and O–H groups in total. The predicted octanol–water partition coefficient (Wildman–Crippen LogP) is 2.96. The molecule has 0 bridgehead atoms. The van der Waals surface area contributed by atoms with Crippen molar-refractivity contribution < 1.29 is 4.79 Å². The van der Waals surface area contributed by atoms with E-state index in [0.29, 0.717) is 0 Å². The van der Waals surface area contributed by atoms with Crippen LogP contribution in [0.4, 0.5) is 0 Å². The molecule has 0 spiro atoms. The maximum atomic E-state index is 10.5. The Morgan fingerprint density at radius 1 is 1.67 bits per heavy atom. The van der Waals surface area contributed by atoms with Crippen molar-refractivity contribution in [2.45, 2.75) is 39.5 Å². The van der Waals surface area contributed by atoms with Crippen LogP contribution in [0.25, 0.3) is 0 Å². The van der Waals surface area contributed by atoms with Crippen LogP contribution in [0.5, 0.6) is 0 Å². The van der Waals surface area contributed by atoms with E-state index in [0.717, 1.165) is 18.6 Å². The van der Waals surface area contributed by atoms with Crippen LogP contribution in [0.1, 0.15) is 39.5 Å². The van der Waals surface area contributed by atoms with Gasteiger partial charge in [0.25, 0.3) is 0 Å². The van der Waals surface area contributed by atoms with Crippen LogP contribution in [0.15, 0.2) is 11.6 Å². The van der Waals surface area contributed by atoms with E-state index in [4.69, 9.17) is 0 Å². The summed E-state index contributed by atoms with van der Waals surface area (Å²) in [6, 6.07) is 0. The van der Waals surface area contributed by atoms with Crippen molar-refractivity contribution >= 4 is 6.29 Å². The summed E-state index contributed by atoms with van der Waals surface area (Å²) in [6.07, 6.45) is 7.90. The summed E-state index contributed by atoms with van der Waals surface area (Å²) in [5.41, 5.74) is 1.49.